The Balaban J connectivity index is 1.66. The Morgan fingerprint density at radius 2 is 1.58 bits per heavy atom. The maximum atomic E-state index is 13.6. The molecule has 4 rings (SSSR count). The number of ketones is 1. The molecule has 4 aliphatic rings. The predicted octanol–water partition coefficient (Wildman–Crippen LogP) is 8.62. The van der Waals surface area contributed by atoms with Crippen molar-refractivity contribution < 1.29 is 4.79 Å². The summed E-state index contributed by atoms with van der Waals surface area (Å²) in [4.78, 5) is 13.6. The minimum Gasteiger partial charge on any atom is -0.295 e. The molecule has 0 aromatic carbocycles. The summed E-state index contributed by atoms with van der Waals surface area (Å²) in [6.45, 7) is 19.9. The zero-order chi connectivity index (χ0) is 22.8. The van der Waals surface area contributed by atoms with Gasteiger partial charge in [0.2, 0.25) is 0 Å². The van der Waals surface area contributed by atoms with Crippen LogP contribution < -0.4 is 0 Å². The lowest BCUT2D eigenvalue weighted by Gasteiger charge is -2.66. The molecule has 31 heavy (non-hydrogen) atoms. The number of allylic oxidation sites excluding steroid dienone is 2. The molecule has 0 aromatic heterocycles. The van der Waals surface area contributed by atoms with E-state index in [1.54, 1.807) is 5.57 Å². The van der Waals surface area contributed by atoms with Crippen LogP contribution in [0.25, 0.3) is 0 Å². The van der Waals surface area contributed by atoms with Gasteiger partial charge in [0.25, 0.3) is 0 Å². The summed E-state index contributed by atoms with van der Waals surface area (Å²) < 4.78 is 0. The van der Waals surface area contributed by atoms with E-state index in [1.807, 2.05) is 0 Å². The number of hydrogen-bond donors (Lipinski definition) is 0. The van der Waals surface area contributed by atoms with E-state index < -0.39 is 0 Å². The van der Waals surface area contributed by atoms with Crippen molar-refractivity contribution >= 4 is 5.78 Å². The Bertz CT molecular complexity index is 748. The van der Waals surface area contributed by atoms with Crippen LogP contribution in [0.1, 0.15) is 120 Å². The van der Waals surface area contributed by atoms with Gasteiger partial charge >= 0.3 is 0 Å². The Hall–Kier alpha value is -0.590. The highest BCUT2D eigenvalue weighted by molar-refractivity contribution is 5.95. The second-order valence-corrected chi connectivity index (χ2v) is 13.8. The number of fused-ring (bicyclic) bond motifs is 5. The van der Waals surface area contributed by atoms with Crippen LogP contribution in [0, 0.1) is 51.2 Å². The zero-order valence-corrected chi connectivity index (χ0v) is 21.9. The Morgan fingerprint density at radius 1 is 0.903 bits per heavy atom. The number of hydrogen-bond acceptors (Lipinski definition) is 1. The van der Waals surface area contributed by atoms with Crippen LogP contribution in [-0.2, 0) is 4.79 Å². The molecule has 0 spiro atoms. The minimum absolute atomic E-state index is 0.159. The van der Waals surface area contributed by atoms with Crippen molar-refractivity contribution in [1.29, 1.82) is 0 Å². The second kappa shape index (κ2) is 7.73. The molecule has 176 valence electrons. The lowest BCUT2D eigenvalue weighted by Crippen LogP contribution is -2.60. The number of rotatable bonds is 5. The molecule has 0 saturated heterocycles. The van der Waals surface area contributed by atoms with Gasteiger partial charge < -0.3 is 0 Å². The Kier molecular flexibility index (Phi) is 5.88. The molecule has 1 nitrogen and oxygen atoms in total. The molecule has 0 aromatic rings. The van der Waals surface area contributed by atoms with E-state index in [1.165, 1.54) is 57.8 Å². The van der Waals surface area contributed by atoms with Crippen LogP contribution in [0.15, 0.2) is 11.6 Å². The average Bonchev–Trinajstić information content (AvgIpc) is 2.97. The Morgan fingerprint density at radius 3 is 2.26 bits per heavy atom. The minimum atomic E-state index is 0.159. The first-order valence-electron chi connectivity index (χ1n) is 13.7. The summed E-state index contributed by atoms with van der Waals surface area (Å²) in [6, 6.07) is 0. The number of carbonyl (C=O) groups is 1. The monoisotopic (exact) mass is 426 g/mol. The third-order valence-electron chi connectivity index (χ3n) is 11.9. The van der Waals surface area contributed by atoms with Gasteiger partial charge in [0, 0.05) is 5.92 Å². The van der Waals surface area contributed by atoms with E-state index in [9.17, 15) is 4.79 Å². The lowest BCUT2D eigenvalue weighted by atomic mass is 9.38. The molecule has 1 heteroatoms. The standard InChI is InChI=1S/C30H50O/c1-20(2)10-9-11-22(4)23-13-15-29(7)26-19-25(31)24-18-21(3)12-14-27(24,5)30(26,8)17-16-28(23,29)6/h19-24H,9-18H2,1-8H3/t21-,22+,23+,24-,27-,28+,29-,30-/m0/s1. The predicted molar refractivity (Wildman–Crippen MR) is 132 cm³/mol. The van der Waals surface area contributed by atoms with E-state index in [0.717, 1.165) is 24.2 Å². The molecule has 4 aliphatic carbocycles. The third-order valence-corrected chi connectivity index (χ3v) is 11.9. The van der Waals surface area contributed by atoms with Gasteiger partial charge in [-0.3, -0.25) is 4.79 Å². The summed E-state index contributed by atoms with van der Waals surface area (Å²) >= 11 is 0. The van der Waals surface area contributed by atoms with Gasteiger partial charge in [0.1, 0.15) is 0 Å². The summed E-state index contributed by atoms with van der Waals surface area (Å²) in [5.74, 6) is 3.85. The first-order valence-corrected chi connectivity index (χ1v) is 13.7. The van der Waals surface area contributed by atoms with Gasteiger partial charge in [-0.05, 0) is 89.9 Å². The van der Waals surface area contributed by atoms with Gasteiger partial charge in [0.05, 0.1) is 0 Å². The first kappa shape index (κ1) is 23.6. The molecule has 0 bridgehead atoms. The molecule has 8 atom stereocenters. The zero-order valence-electron chi connectivity index (χ0n) is 21.9. The quantitative estimate of drug-likeness (QED) is 0.430. The fourth-order valence-corrected chi connectivity index (χ4v) is 9.32. The van der Waals surface area contributed by atoms with E-state index in [2.05, 4.69) is 61.5 Å². The van der Waals surface area contributed by atoms with Gasteiger partial charge in [0.15, 0.2) is 5.78 Å². The maximum Gasteiger partial charge on any atom is 0.159 e. The van der Waals surface area contributed by atoms with Crippen LogP contribution >= 0.6 is 0 Å². The van der Waals surface area contributed by atoms with E-state index in [4.69, 9.17) is 0 Å². The average molecular weight is 427 g/mol. The molecular weight excluding hydrogens is 376 g/mol. The summed E-state index contributed by atoms with van der Waals surface area (Å²) in [5, 5.41) is 0. The number of carbonyl (C=O) groups excluding carboxylic acids is 1. The van der Waals surface area contributed by atoms with Gasteiger partial charge in [-0.15, -0.1) is 0 Å². The topological polar surface area (TPSA) is 17.1 Å². The summed E-state index contributed by atoms with van der Waals surface area (Å²) in [7, 11) is 0. The van der Waals surface area contributed by atoms with Crippen LogP contribution in [0.4, 0.5) is 0 Å². The fourth-order valence-electron chi connectivity index (χ4n) is 9.32. The van der Waals surface area contributed by atoms with Crippen molar-refractivity contribution in [3.05, 3.63) is 11.6 Å². The van der Waals surface area contributed by atoms with Crippen LogP contribution in [0.5, 0.6) is 0 Å². The van der Waals surface area contributed by atoms with Gasteiger partial charge in [-0.2, -0.15) is 0 Å². The molecule has 0 unspecified atom stereocenters. The maximum absolute atomic E-state index is 13.6. The van der Waals surface area contributed by atoms with Crippen LogP contribution in [-0.4, -0.2) is 5.78 Å². The molecule has 3 saturated carbocycles. The van der Waals surface area contributed by atoms with Crippen LogP contribution in [0.3, 0.4) is 0 Å². The largest absolute Gasteiger partial charge is 0.295 e. The SMILES string of the molecule is CC(C)CCC[C@@H](C)[C@H]1CC[C@@]2(C)C3=CC(=O)[C@@H]4C[C@@H](C)CC[C@]4(C)[C@@]3(C)CC[C@]12C. The summed E-state index contributed by atoms with van der Waals surface area (Å²) in [5.41, 5.74) is 2.48. The molecule has 0 radical (unpaired) electrons. The van der Waals surface area contributed by atoms with Crippen molar-refractivity contribution in [2.75, 3.05) is 0 Å². The van der Waals surface area contributed by atoms with Crippen molar-refractivity contribution in [3.63, 3.8) is 0 Å². The molecule has 0 amide bonds. The normalized spacial score (nSPS) is 48.1. The lowest BCUT2D eigenvalue weighted by molar-refractivity contribution is -0.141. The Labute approximate surface area is 193 Å². The third kappa shape index (κ3) is 3.25. The molecule has 3 fully saturated rings. The smallest absolute Gasteiger partial charge is 0.159 e. The molecular formula is C30H50O. The van der Waals surface area contributed by atoms with Crippen LogP contribution in [0.2, 0.25) is 0 Å². The van der Waals surface area contributed by atoms with Crippen molar-refractivity contribution in [2.24, 2.45) is 51.2 Å². The highest BCUT2D eigenvalue weighted by Gasteiger charge is 2.68. The van der Waals surface area contributed by atoms with E-state index in [-0.39, 0.29) is 22.2 Å². The molecule has 0 N–H and O–H groups in total. The first-order chi connectivity index (χ1) is 14.4. The van der Waals surface area contributed by atoms with Gasteiger partial charge in [-0.1, -0.05) is 86.6 Å². The van der Waals surface area contributed by atoms with Gasteiger partial charge in [-0.25, -0.2) is 0 Å². The van der Waals surface area contributed by atoms with Crippen molar-refractivity contribution in [3.8, 4) is 0 Å². The van der Waals surface area contributed by atoms with E-state index in [0.29, 0.717) is 17.1 Å². The highest BCUT2D eigenvalue weighted by Crippen LogP contribution is 2.76. The highest BCUT2D eigenvalue weighted by atomic mass is 16.1. The fraction of sp³-hybridized carbons (Fsp3) is 0.900. The molecule has 0 heterocycles. The summed E-state index contributed by atoms with van der Waals surface area (Å²) in [6.07, 6.45) is 15.3. The van der Waals surface area contributed by atoms with E-state index >= 15 is 0 Å². The molecule has 0 aliphatic heterocycles. The second-order valence-electron chi connectivity index (χ2n) is 13.8. The van der Waals surface area contributed by atoms with Crippen molar-refractivity contribution in [2.45, 2.75) is 120 Å². The van der Waals surface area contributed by atoms with Crippen molar-refractivity contribution in [1.82, 2.24) is 0 Å².